The Hall–Kier alpha value is -2.31. The molecule has 7 nitrogen and oxygen atoms in total. The van der Waals surface area contributed by atoms with Gasteiger partial charge < -0.3 is 20.2 Å². The van der Waals surface area contributed by atoms with Crippen molar-refractivity contribution in [2.75, 3.05) is 0 Å². The summed E-state index contributed by atoms with van der Waals surface area (Å²) in [6.45, 7) is 5.17. The van der Waals surface area contributed by atoms with Crippen molar-refractivity contribution in [3.63, 3.8) is 0 Å². The van der Waals surface area contributed by atoms with Crippen LogP contribution in [0, 0.1) is 0 Å². The number of rotatable bonds is 8. The van der Waals surface area contributed by atoms with Crippen LogP contribution in [-0.4, -0.2) is 34.5 Å². The highest BCUT2D eigenvalue weighted by molar-refractivity contribution is 5.95. The van der Waals surface area contributed by atoms with Crippen LogP contribution < -0.4 is 10.6 Å². The highest BCUT2D eigenvalue weighted by atomic mass is 16.4. The van der Waals surface area contributed by atoms with Crippen molar-refractivity contribution in [3.8, 4) is 0 Å². The minimum absolute atomic E-state index is 0.113. The Morgan fingerprint density at radius 3 is 2.41 bits per heavy atom. The number of nitrogens with one attached hydrogen (secondary N) is 2. The second-order valence-electron chi connectivity index (χ2n) is 5.22. The maximum Gasteiger partial charge on any atom is 0.305 e. The molecule has 22 heavy (non-hydrogen) atoms. The molecule has 0 fully saturated rings. The Kier molecular flexibility index (Phi) is 6.15. The van der Waals surface area contributed by atoms with Crippen molar-refractivity contribution in [3.05, 3.63) is 24.2 Å². The van der Waals surface area contributed by atoms with E-state index in [1.807, 2.05) is 13.8 Å². The van der Waals surface area contributed by atoms with E-state index in [2.05, 4.69) is 10.6 Å². The third-order valence-electron chi connectivity index (χ3n) is 3.72. The molecule has 0 saturated heterocycles. The Morgan fingerprint density at radius 2 is 1.95 bits per heavy atom. The number of furan rings is 1. The smallest absolute Gasteiger partial charge is 0.305 e. The first-order valence-electron chi connectivity index (χ1n) is 7.21. The first-order valence-corrected chi connectivity index (χ1v) is 7.21. The van der Waals surface area contributed by atoms with Crippen molar-refractivity contribution in [1.29, 1.82) is 0 Å². The fourth-order valence-corrected chi connectivity index (χ4v) is 2.12. The van der Waals surface area contributed by atoms with Crippen LogP contribution in [0.3, 0.4) is 0 Å². The monoisotopic (exact) mass is 310 g/mol. The number of carbonyl (C=O) groups excluding carboxylic acids is 2. The molecule has 1 rings (SSSR count). The van der Waals surface area contributed by atoms with Gasteiger partial charge in [0.25, 0.3) is 5.91 Å². The molecule has 0 radical (unpaired) electrons. The fourth-order valence-electron chi connectivity index (χ4n) is 2.12. The van der Waals surface area contributed by atoms with E-state index < -0.39 is 29.4 Å². The average Bonchev–Trinajstić information content (AvgIpc) is 3.00. The van der Waals surface area contributed by atoms with Gasteiger partial charge in [0.2, 0.25) is 5.91 Å². The number of carboxylic acid groups (broad SMARTS) is 1. The highest BCUT2D eigenvalue weighted by Crippen LogP contribution is 2.20. The minimum Gasteiger partial charge on any atom is -0.481 e. The Balaban J connectivity index is 2.69. The summed E-state index contributed by atoms with van der Waals surface area (Å²) in [5, 5.41) is 14.3. The van der Waals surface area contributed by atoms with Gasteiger partial charge in [-0.15, -0.1) is 0 Å². The molecule has 1 aromatic heterocycles. The molecule has 1 atom stereocenters. The molecule has 0 saturated carbocycles. The van der Waals surface area contributed by atoms with Gasteiger partial charge in [0.05, 0.1) is 18.2 Å². The van der Waals surface area contributed by atoms with E-state index in [-0.39, 0.29) is 12.2 Å². The van der Waals surface area contributed by atoms with Gasteiger partial charge in [-0.05, 0) is 31.9 Å². The molecule has 0 bridgehead atoms. The number of hydrogen-bond acceptors (Lipinski definition) is 4. The summed E-state index contributed by atoms with van der Waals surface area (Å²) in [7, 11) is 0. The predicted molar refractivity (Wildman–Crippen MR) is 79.3 cm³/mol. The fraction of sp³-hybridized carbons (Fsp3) is 0.533. The quantitative estimate of drug-likeness (QED) is 0.675. The van der Waals surface area contributed by atoms with Crippen LogP contribution in [0.4, 0.5) is 0 Å². The molecule has 7 heteroatoms. The van der Waals surface area contributed by atoms with Crippen molar-refractivity contribution >= 4 is 17.8 Å². The van der Waals surface area contributed by atoms with Gasteiger partial charge in [-0.1, -0.05) is 13.8 Å². The molecule has 1 aromatic rings. The van der Waals surface area contributed by atoms with E-state index in [0.717, 1.165) is 0 Å². The molecular formula is C15H22N2O5. The lowest BCUT2D eigenvalue weighted by atomic mass is 9.88. The largest absolute Gasteiger partial charge is 0.481 e. The SMILES string of the molecule is CCC(CC)(CC(=O)O)NC(=O)C(C)NC(=O)c1ccco1. The van der Waals surface area contributed by atoms with Gasteiger partial charge in [0.15, 0.2) is 5.76 Å². The molecule has 0 aliphatic carbocycles. The van der Waals surface area contributed by atoms with E-state index in [9.17, 15) is 14.4 Å². The molecule has 2 amide bonds. The number of hydrogen-bond donors (Lipinski definition) is 3. The second-order valence-corrected chi connectivity index (χ2v) is 5.22. The van der Waals surface area contributed by atoms with E-state index in [1.54, 1.807) is 6.07 Å². The summed E-state index contributed by atoms with van der Waals surface area (Å²) in [5.74, 6) is -1.78. The predicted octanol–water partition coefficient (Wildman–Crippen LogP) is 1.55. The average molecular weight is 310 g/mol. The van der Waals surface area contributed by atoms with Gasteiger partial charge in [0.1, 0.15) is 6.04 Å². The van der Waals surface area contributed by atoms with Crippen LogP contribution in [-0.2, 0) is 9.59 Å². The Bertz CT molecular complexity index is 520. The van der Waals surface area contributed by atoms with Gasteiger partial charge in [-0.25, -0.2) is 0 Å². The maximum atomic E-state index is 12.2. The lowest BCUT2D eigenvalue weighted by molar-refractivity contribution is -0.139. The summed E-state index contributed by atoms with van der Waals surface area (Å²) in [4.78, 5) is 35.0. The third kappa shape index (κ3) is 4.61. The molecule has 1 unspecified atom stereocenters. The van der Waals surface area contributed by atoms with Crippen molar-refractivity contribution in [2.45, 2.75) is 51.6 Å². The molecule has 0 aliphatic rings. The summed E-state index contributed by atoms with van der Waals surface area (Å²) in [5.41, 5.74) is -0.813. The van der Waals surface area contributed by atoms with Crippen LogP contribution in [0.5, 0.6) is 0 Å². The van der Waals surface area contributed by atoms with Gasteiger partial charge in [-0.2, -0.15) is 0 Å². The Morgan fingerprint density at radius 1 is 1.32 bits per heavy atom. The number of aliphatic carboxylic acids is 1. The van der Waals surface area contributed by atoms with Gasteiger partial charge in [0, 0.05) is 0 Å². The zero-order chi connectivity index (χ0) is 16.8. The highest BCUT2D eigenvalue weighted by Gasteiger charge is 2.32. The van der Waals surface area contributed by atoms with E-state index in [0.29, 0.717) is 12.8 Å². The lowest BCUT2D eigenvalue weighted by Gasteiger charge is -2.32. The maximum absolute atomic E-state index is 12.2. The molecule has 0 spiro atoms. The molecule has 0 aromatic carbocycles. The first-order chi connectivity index (χ1) is 10.3. The molecule has 122 valence electrons. The summed E-state index contributed by atoms with van der Waals surface area (Å²) in [6, 6.07) is 2.27. The molecule has 3 N–H and O–H groups in total. The topological polar surface area (TPSA) is 109 Å². The minimum atomic E-state index is -0.976. The van der Waals surface area contributed by atoms with E-state index in [4.69, 9.17) is 9.52 Å². The molecule has 0 aliphatic heterocycles. The van der Waals surface area contributed by atoms with Crippen LogP contribution in [0.25, 0.3) is 0 Å². The van der Waals surface area contributed by atoms with E-state index in [1.165, 1.54) is 19.3 Å². The summed E-state index contributed by atoms with van der Waals surface area (Å²) >= 11 is 0. The van der Waals surface area contributed by atoms with Crippen LogP contribution >= 0.6 is 0 Å². The van der Waals surface area contributed by atoms with Crippen molar-refractivity contribution < 1.29 is 23.9 Å². The number of carbonyl (C=O) groups is 3. The Labute approximate surface area is 129 Å². The third-order valence-corrected chi connectivity index (χ3v) is 3.72. The van der Waals surface area contributed by atoms with Crippen molar-refractivity contribution in [1.82, 2.24) is 10.6 Å². The first kappa shape index (κ1) is 17.7. The zero-order valence-electron chi connectivity index (χ0n) is 13.0. The summed E-state index contributed by atoms with van der Waals surface area (Å²) in [6.07, 6.45) is 2.18. The summed E-state index contributed by atoms with van der Waals surface area (Å²) < 4.78 is 4.95. The van der Waals surface area contributed by atoms with Crippen LogP contribution in [0.15, 0.2) is 22.8 Å². The van der Waals surface area contributed by atoms with Crippen molar-refractivity contribution in [2.24, 2.45) is 0 Å². The molecular weight excluding hydrogens is 288 g/mol. The number of amides is 2. The standard InChI is InChI=1S/C15H22N2O5/c1-4-15(5-2,9-12(18)19)17-13(20)10(3)16-14(21)11-7-6-8-22-11/h6-8,10H,4-5,9H2,1-3H3,(H,16,21)(H,17,20)(H,18,19). The normalized spacial score (nSPS) is 12.5. The van der Waals surface area contributed by atoms with Gasteiger partial charge in [-0.3, -0.25) is 14.4 Å². The van der Waals surface area contributed by atoms with Crippen LogP contribution in [0.1, 0.15) is 50.6 Å². The van der Waals surface area contributed by atoms with Gasteiger partial charge >= 0.3 is 5.97 Å². The van der Waals surface area contributed by atoms with E-state index >= 15 is 0 Å². The lowest BCUT2D eigenvalue weighted by Crippen LogP contribution is -2.55. The van der Waals surface area contributed by atoms with Crippen LogP contribution in [0.2, 0.25) is 0 Å². The number of carboxylic acids is 1. The molecule has 1 heterocycles. The second kappa shape index (κ2) is 7.63. The zero-order valence-corrected chi connectivity index (χ0v) is 13.0.